The highest BCUT2D eigenvalue weighted by Gasteiger charge is 2.04. The smallest absolute Gasteiger partial charge is 0.0928 e. The lowest BCUT2D eigenvalue weighted by Gasteiger charge is -2.15. The lowest BCUT2D eigenvalue weighted by Crippen LogP contribution is -2.36. The highest BCUT2D eigenvalue weighted by molar-refractivity contribution is 4.61. The molecule has 0 aliphatic carbocycles. The van der Waals surface area contributed by atoms with E-state index in [1.165, 1.54) is 0 Å². The van der Waals surface area contributed by atoms with Gasteiger partial charge in [0.05, 0.1) is 19.3 Å². The zero-order valence-electron chi connectivity index (χ0n) is 10.8. The van der Waals surface area contributed by atoms with Crippen LogP contribution < -0.4 is 10.6 Å². The van der Waals surface area contributed by atoms with E-state index >= 15 is 0 Å². The fraction of sp³-hybridized carbons (Fsp3) is 1.00. The standard InChI is InChI=1S/C11H26N2O3/c1-4-16-8-7-12-5-6-13-9-11(15-3)10-14-2/h11-13H,4-10H2,1-3H3. The van der Waals surface area contributed by atoms with Crippen LogP contribution in [-0.4, -0.2) is 66.3 Å². The van der Waals surface area contributed by atoms with E-state index < -0.39 is 0 Å². The Morgan fingerprint density at radius 3 is 2.44 bits per heavy atom. The Morgan fingerprint density at radius 2 is 1.81 bits per heavy atom. The van der Waals surface area contributed by atoms with Crippen LogP contribution in [0.2, 0.25) is 0 Å². The van der Waals surface area contributed by atoms with Crippen molar-refractivity contribution in [2.24, 2.45) is 0 Å². The Morgan fingerprint density at radius 1 is 1.06 bits per heavy atom. The molecular weight excluding hydrogens is 208 g/mol. The van der Waals surface area contributed by atoms with Gasteiger partial charge in [0, 0.05) is 47.0 Å². The molecule has 0 aromatic carbocycles. The molecule has 0 radical (unpaired) electrons. The molecule has 1 atom stereocenters. The molecule has 0 aliphatic rings. The van der Waals surface area contributed by atoms with E-state index in [1.807, 2.05) is 6.92 Å². The summed E-state index contributed by atoms with van der Waals surface area (Å²) in [5.41, 5.74) is 0. The van der Waals surface area contributed by atoms with Crippen molar-refractivity contribution in [1.82, 2.24) is 10.6 Å². The van der Waals surface area contributed by atoms with Gasteiger partial charge in [0.1, 0.15) is 0 Å². The van der Waals surface area contributed by atoms with Crippen molar-refractivity contribution in [2.75, 3.05) is 60.2 Å². The fourth-order valence-corrected chi connectivity index (χ4v) is 1.25. The maximum Gasteiger partial charge on any atom is 0.0928 e. The average Bonchev–Trinajstić information content (AvgIpc) is 2.31. The van der Waals surface area contributed by atoms with Crippen LogP contribution in [-0.2, 0) is 14.2 Å². The van der Waals surface area contributed by atoms with Crippen molar-refractivity contribution in [1.29, 1.82) is 0 Å². The first kappa shape index (κ1) is 15.8. The average molecular weight is 234 g/mol. The lowest BCUT2D eigenvalue weighted by atomic mass is 10.3. The molecule has 0 saturated heterocycles. The molecule has 0 spiro atoms. The molecule has 0 aromatic heterocycles. The number of hydrogen-bond donors (Lipinski definition) is 2. The van der Waals surface area contributed by atoms with Gasteiger partial charge in [-0.3, -0.25) is 0 Å². The first-order chi connectivity index (χ1) is 7.85. The first-order valence-corrected chi connectivity index (χ1v) is 5.86. The molecule has 2 N–H and O–H groups in total. The van der Waals surface area contributed by atoms with Crippen molar-refractivity contribution in [3.05, 3.63) is 0 Å². The van der Waals surface area contributed by atoms with Crippen LogP contribution in [0.15, 0.2) is 0 Å². The highest BCUT2D eigenvalue weighted by Crippen LogP contribution is 1.87. The molecule has 0 aliphatic heterocycles. The summed E-state index contributed by atoms with van der Waals surface area (Å²) in [7, 11) is 3.38. The van der Waals surface area contributed by atoms with Gasteiger partial charge in [-0.2, -0.15) is 0 Å². The third-order valence-corrected chi connectivity index (χ3v) is 2.16. The van der Waals surface area contributed by atoms with E-state index in [0.717, 1.165) is 39.4 Å². The fourth-order valence-electron chi connectivity index (χ4n) is 1.25. The molecule has 0 heterocycles. The number of rotatable bonds is 12. The normalized spacial score (nSPS) is 12.9. The van der Waals surface area contributed by atoms with Gasteiger partial charge in [0.15, 0.2) is 0 Å². The van der Waals surface area contributed by atoms with E-state index in [4.69, 9.17) is 14.2 Å². The summed E-state index contributed by atoms with van der Waals surface area (Å²) in [6, 6.07) is 0. The van der Waals surface area contributed by atoms with E-state index in [2.05, 4.69) is 10.6 Å². The summed E-state index contributed by atoms with van der Waals surface area (Å²) in [5, 5.41) is 6.59. The third-order valence-electron chi connectivity index (χ3n) is 2.16. The molecule has 0 saturated carbocycles. The van der Waals surface area contributed by atoms with Crippen molar-refractivity contribution < 1.29 is 14.2 Å². The molecule has 16 heavy (non-hydrogen) atoms. The zero-order chi connectivity index (χ0) is 12.1. The van der Waals surface area contributed by atoms with E-state index in [9.17, 15) is 0 Å². The molecule has 0 aromatic rings. The van der Waals surface area contributed by atoms with E-state index in [1.54, 1.807) is 14.2 Å². The molecule has 0 amide bonds. The van der Waals surface area contributed by atoms with Gasteiger partial charge in [-0.05, 0) is 6.92 Å². The second kappa shape index (κ2) is 12.9. The monoisotopic (exact) mass is 234 g/mol. The summed E-state index contributed by atoms with van der Waals surface area (Å²) in [6.45, 7) is 7.78. The Kier molecular flexibility index (Phi) is 12.7. The predicted molar refractivity (Wildman–Crippen MR) is 64.9 cm³/mol. The molecule has 0 rings (SSSR count). The van der Waals surface area contributed by atoms with Crippen LogP contribution in [0.4, 0.5) is 0 Å². The van der Waals surface area contributed by atoms with Crippen LogP contribution in [0.1, 0.15) is 6.92 Å². The lowest BCUT2D eigenvalue weighted by molar-refractivity contribution is 0.0291. The highest BCUT2D eigenvalue weighted by atomic mass is 16.5. The Bertz CT molecular complexity index is 136. The maximum atomic E-state index is 5.22. The molecule has 1 unspecified atom stereocenters. The van der Waals surface area contributed by atoms with Crippen LogP contribution >= 0.6 is 0 Å². The molecule has 5 nitrogen and oxygen atoms in total. The largest absolute Gasteiger partial charge is 0.382 e. The summed E-state index contributed by atoms with van der Waals surface area (Å²) >= 11 is 0. The summed E-state index contributed by atoms with van der Waals surface area (Å²) in [6.07, 6.45) is 0.133. The van der Waals surface area contributed by atoms with Crippen molar-refractivity contribution in [2.45, 2.75) is 13.0 Å². The third kappa shape index (κ3) is 10.3. The SMILES string of the molecule is CCOCCNCCNCC(COC)OC. The summed E-state index contributed by atoms with van der Waals surface area (Å²) in [4.78, 5) is 0. The predicted octanol–water partition coefficient (Wildman–Crippen LogP) is -0.136. The zero-order valence-corrected chi connectivity index (χ0v) is 10.8. The second-order valence-corrected chi connectivity index (χ2v) is 3.46. The van der Waals surface area contributed by atoms with Gasteiger partial charge in [-0.15, -0.1) is 0 Å². The Labute approximate surface area is 98.8 Å². The van der Waals surface area contributed by atoms with Gasteiger partial charge in [0.25, 0.3) is 0 Å². The summed E-state index contributed by atoms with van der Waals surface area (Å²) < 4.78 is 15.5. The van der Waals surface area contributed by atoms with Crippen molar-refractivity contribution >= 4 is 0 Å². The van der Waals surface area contributed by atoms with Gasteiger partial charge in [-0.1, -0.05) is 0 Å². The van der Waals surface area contributed by atoms with Crippen LogP contribution in [0, 0.1) is 0 Å². The number of nitrogens with one attached hydrogen (secondary N) is 2. The van der Waals surface area contributed by atoms with Crippen molar-refractivity contribution in [3.8, 4) is 0 Å². The minimum Gasteiger partial charge on any atom is -0.382 e. The minimum absolute atomic E-state index is 0.133. The van der Waals surface area contributed by atoms with Crippen LogP contribution in [0.5, 0.6) is 0 Å². The quantitative estimate of drug-likeness (QED) is 0.461. The number of methoxy groups -OCH3 is 2. The van der Waals surface area contributed by atoms with E-state index in [-0.39, 0.29) is 6.10 Å². The molecule has 5 heteroatoms. The van der Waals surface area contributed by atoms with Gasteiger partial charge >= 0.3 is 0 Å². The maximum absolute atomic E-state index is 5.22. The molecule has 98 valence electrons. The van der Waals surface area contributed by atoms with Crippen LogP contribution in [0.25, 0.3) is 0 Å². The minimum atomic E-state index is 0.133. The number of ether oxygens (including phenoxy) is 3. The Hall–Kier alpha value is -0.200. The molecule has 0 bridgehead atoms. The van der Waals surface area contributed by atoms with Gasteiger partial charge in [-0.25, -0.2) is 0 Å². The van der Waals surface area contributed by atoms with Gasteiger partial charge < -0.3 is 24.8 Å². The molecular formula is C11H26N2O3. The molecule has 0 fully saturated rings. The van der Waals surface area contributed by atoms with Crippen LogP contribution in [0.3, 0.4) is 0 Å². The second-order valence-electron chi connectivity index (χ2n) is 3.46. The summed E-state index contributed by atoms with van der Waals surface area (Å²) in [5.74, 6) is 0. The van der Waals surface area contributed by atoms with Crippen molar-refractivity contribution in [3.63, 3.8) is 0 Å². The Balaban J connectivity index is 3.12. The van der Waals surface area contributed by atoms with Gasteiger partial charge in [0.2, 0.25) is 0 Å². The first-order valence-electron chi connectivity index (χ1n) is 5.86. The van der Waals surface area contributed by atoms with E-state index in [0.29, 0.717) is 6.61 Å². The topological polar surface area (TPSA) is 51.8 Å². The number of hydrogen-bond acceptors (Lipinski definition) is 5.